The molecule has 0 aliphatic carbocycles. The van der Waals surface area contributed by atoms with Crippen LogP contribution in [0.15, 0.2) is 48.5 Å². The van der Waals surface area contributed by atoms with Gasteiger partial charge in [-0.25, -0.2) is 8.78 Å². The first-order valence-electron chi connectivity index (χ1n) is 5.72. The molecule has 0 spiro atoms. The van der Waals surface area contributed by atoms with Crippen molar-refractivity contribution in [2.45, 2.75) is 0 Å². The number of rotatable bonds is 2. The molecule has 0 aliphatic heterocycles. The van der Waals surface area contributed by atoms with E-state index in [-0.39, 0.29) is 11.1 Å². The van der Waals surface area contributed by atoms with Crippen LogP contribution in [0.1, 0.15) is 11.1 Å². The summed E-state index contributed by atoms with van der Waals surface area (Å²) in [4.78, 5) is 0. The van der Waals surface area contributed by atoms with E-state index in [1.807, 2.05) is 12.1 Å². The van der Waals surface area contributed by atoms with E-state index in [2.05, 4.69) is 0 Å². The average Bonchev–Trinajstić information content (AvgIpc) is 2.47. The average molecular weight is 266 g/mol. The van der Waals surface area contributed by atoms with Crippen LogP contribution >= 0.6 is 0 Å². The zero-order chi connectivity index (χ0) is 14.5. The van der Waals surface area contributed by atoms with E-state index in [9.17, 15) is 19.3 Å². The van der Waals surface area contributed by atoms with Crippen molar-refractivity contribution in [3.8, 4) is 12.1 Å². The number of nitrogens with zero attached hydrogens (tertiary/aromatic N) is 2. The van der Waals surface area contributed by atoms with Gasteiger partial charge in [0, 0.05) is 0 Å². The number of hydrogen-bond donors (Lipinski definition) is 0. The Hall–Kier alpha value is -2.98. The summed E-state index contributed by atoms with van der Waals surface area (Å²) in [5.41, 5.74) is 1.13. The van der Waals surface area contributed by atoms with Crippen LogP contribution in [-0.4, -0.2) is 0 Å². The SMILES string of the molecule is N#C/C(=C(/C#N)c1ccc(F)cc1)c1ccc(F)cc1. The van der Waals surface area contributed by atoms with Crippen LogP contribution in [0, 0.1) is 34.3 Å². The van der Waals surface area contributed by atoms with Crippen molar-refractivity contribution < 1.29 is 8.78 Å². The zero-order valence-corrected chi connectivity index (χ0v) is 10.3. The highest BCUT2D eigenvalue weighted by atomic mass is 19.1. The van der Waals surface area contributed by atoms with Crippen molar-refractivity contribution in [1.29, 1.82) is 10.5 Å². The molecule has 96 valence electrons. The van der Waals surface area contributed by atoms with Crippen LogP contribution in [-0.2, 0) is 0 Å². The molecular formula is C16H8F2N2. The quantitative estimate of drug-likeness (QED) is 0.611. The summed E-state index contributed by atoms with van der Waals surface area (Å²) in [5, 5.41) is 18.5. The Balaban J connectivity index is 2.60. The first-order chi connectivity index (χ1) is 9.65. The Bertz CT molecular complexity index is 665. The van der Waals surface area contributed by atoms with Gasteiger partial charge in [-0.2, -0.15) is 10.5 Å². The van der Waals surface area contributed by atoms with E-state index < -0.39 is 11.6 Å². The van der Waals surface area contributed by atoms with E-state index in [0.29, 0.717) is 11.1 Å². The number of benzene rings is 2. The van der Waals surface area contributed by atoms with Crippen molar-refractivity contribution in [2.75, 3.05) is 0 Å². The molecule has 0 saturated carbocycles. The topological polar surface area (TPSA) is 47.6 Å². The van der Waals surface area contributed by atoms with Crippen LogP contribution < -0.4 is 0 Å². The molecule has 0 unspecified atom stereocenters. The molecule has 0 saturated heterocycles. The second-order valence-corrected chi connectivity index (χ2v) is 3.99. The van der Waals surface area contributed by atoms with E-state index in [1.165, 1.54) is 48.5 Å². The van der Waals surface area contributed by atoms with Gasteiger partial charge in [0.2, 0.25) is 0 Å². The first-order valence-corrected chi connectivity index (χ1v) is 5.72. The van der Waals surface area contributed by atoms with Gasteiger partial charge in [-0.3, -0.25) is 0 Å². The van der Waals surface area contributed by atoms with Crippen LogP contribution in [0.25, 0.3) is 11.1 Å². The molecule has 2 nitrogen and oxygen atoms in total. The summed E-state index contributed by atoms with van der Waals surface area (Å²) in [6.45, 7) is 0. The van der Waals surface area contributed by atoms with Gasteiger partial charge in [-0.15, -0.1) is 0 Å². The minimum absolute atomic E-state index is 0.124. The molecular weight excluding hydrogens is 258 g/mol. The molecule has 0 aromatic heterocycles. The van der Waals surface area contributed by atoms with Crippen molar-refractivity contribution in [3.63, 3.8) is 0 Å². The lowest BCUT2D eigenvalue weighted by Gasteiger charge is -2.04. The fourth-order valence-electron chi connectivity index (χ4n) is 1.76. The standard InChI is InChI=1S/C16H8F2N2/c17-13-5-1-11(2-6-13)15(9-19)16(10-20)12-3-7-14(18)8-4-12/h1-8H/b16-15+. The molecule has 0 radical (unpaired) electrons. The maximum Gasteiger partial charge on any atom is 0.123 e. The molecule has 20 heavy (non-hydrogen) atoms. The third-order valence-corrected chi connectivity index (χ3v) is 2.74. The minimum Gasteiger partial charge on any atom is -0.207 e. The van der Waals surface area contributed by atoms with Crippen molar-refractivity contribution in [3.05, 3.63) is 71.3 Å². The summed E-state index contributed by atoms with van der Waals surface area (Å²) >= 11 is 0. The van der Waals surface area contributed by atoms with Gasteiger partial charge < -0.3 is 0 Å². The van der Waals surface area contributed by atoms with Gasteiger partial charge in [0.25, 0.3) is 0 Å². The molecule has 0 fully saturated rings. The number of nitriles is 2. The first kappa shape index (κ1) is 13.5. The highest BCUT2D eigenvalue weighted by Crippen LogP contribution is 2.25. The number of allylic oxidation sites excluding steroid dienone is 2. The lowest BCUT2D eigenvalue weighted by atomic mass is 9.96. The molecule has 4 heteroatoms. The molecule has 0 amide bonds. The maximum atomic E-state index is 12.9. The molecule has 0 N–H and O–H groups in total. The third-order valence-electron chi connectivity index (χ3n) is 2.74. The Morgan fingerprint density at radius 1 is 0.650 bits per heavy atom. The Labute approximate surface area is 114 Å². The Morgan fingerprint density at radius 2 is 0.950 bits per heavy atom. The highest BCUT2D eigenvalue weighted by molar-refractivity contribution is 6.02. The van der Waals surface area contributed by atoms with Crippen molar-refractivity contribution in [1.82, 2.24) is 0 Å². The second kappa shape index (κ2) is 5.77. The van der Waals surface area contributed by atoms with Gasteiger partial charge in [-0.05, 0) is 35.4 Å². The summed E-state index contributed by atoms with van der Waals surface area (Å²) in [7, 11) is 0. The monoisotopic (exact) mass is 266 g/mol. The van der Waals surface area contributed by atoms with E-state index >= 15 is 0 Å². The van der Waals surface area contributed by atoms with E-state index in [0.717, 1.165) is 0 Å². The van der Waals surface area contributed by atoms with Crippen LogP contribution in [0.5, 0.6) is 0 Å². The number of halogens is 2. The smallest absolute Gasteiger partial charge is 0.123 e. The van der Waals surface area contributed by atoms with Crippen LogP contribution in [0.4, 0.5) is 8.78 Å². The summed E-state index contributed by atoms with van der Waals surface area (Å²) in [6.07, 6.45) is 0. The largest absolute Gasteiger partial charge is 0.207 e. The lowest BCUT2D eigenvalue weighted by Crippen LogP contribution is -1.90. The molecule has 0 bridgehead atoms. The van der Waals surface area contributed by atoms with E-state index in [4.69, 9.17) is 0 Å². The van der Waals surface area contributed by atoms with Gasteiger partial charge in [-0.1, -0.05) is 24.3 Å². The highest BCUT2D eigenvalue weighted by Gasteiger charge is 2.11. The van der Waals surface area contributed by atoms with Gasteiger partial charge >= 0.3 is 0 Å². The zero-order valence-electron chi connectivity index (χ0n) is 10.3. The fraction of sp³-hybridized carbons (Fsp3) is 0. The predicted molar refractivity (Wildman–Crippen MR) is 70.8 cm³/mol. The predicted octanol–water partition coefficient (Wildman–Crippen LogP) is 3.92. The van der Waals surface area contributed by atoms with E-state index in [1.54, 1.807) is 0 Å². The van der Waals surface area contributed by atoms with Crippen molar-refractivity contribution in [2.24, 2.45) is 0 Å². The van der Waals surface area contributed by atoms with Crippen molar-refractivity contribution >= 4 is 11.1 Å². The van der Waals surface area contributed by atoms with Gasteiger partial charge in [0.05, 0.1) is 11.1 Å². The molecule has 0 atom stereocenters. The number of hydrogen-bond acceptors (Lipinski definition) is 2. The third kappa shape index (κ3) is 2.71. The summed E-state index contributed by atoms with van der Waals surface area (Å²) in [6, 6.07) is 14.4. The Morgan fingerprint density at radius 3 is 1.20 bits per heavy atom. The summed E-state index contributed by atoms with van der Waals surface area (Å²) in [5.74, 6) is -0.849. The molecule has 2 aromatic carbocycles. The molecule has 0 heterocycles. The maximum absolute atomic E-state index is 12.9. The lowest BCUT2D eigenvalue weighted by molar-refractivity contribution is 0.627. The van der Waals surface area contributed by atoms with Crippen LogP contribution in [0.2, 0.25) is 0 Å². The second-order valence-electron chi connectivity index (χ2n) is 3.99. The summed E-state index contributed by atoms with van der Waals surface area (Å²) < 4.78 is 25.8. The molecule has 0 aliphatic rings. The van der Waals surface area contributed by atoms with Gasteiger partial charge in [0.15, 0.2) is 0 Å². The normalized spacial score (nSPS) is 11.2. The fourth-order valence-corrected chi connectivity index (χ4v) is 1.76. The molecule has 2 aromatic rings. The van der Waals surface area contributed by atoms with Gasteiger partial charge in [0.1, 0.15) is 23.8 Å². The molecule has 2 rings (SSSR count). The minimum atomic E-state index is -0.425. The Kier molecular flexibility index (Phi) is 3.88. The van der Waals surface area contributed by atoms with Crippen LogP contribution in [0.3, 0.4) is 0 Å².